The fourth-order valence-corrected chi connectivity index (χ4v) is 6.65. The molecule has 13 heteroatoms. The van der Waals surface area contributed by atoms with Crippen molar-refractivity contribution in [2.45, 2.75) is 42.1 Å². The molecule has 226 valence electrons. The van der Waals surface area contributed by atoms with Gasteiger partial charge in [-0.3, -0.25) is 19.2 Å². The van der Waals surface area contributed by atoms with Gasteiger partial charge >= 0.3 is 5.97 Å². The van der Waals surface area contributed by atoms with Gasteiger partial charge in [0.05, 0.1) is 0 Å². The highest BCUT2D eigenvalue weighted by Crippen LogP contribution is 2.50. The lowest BCUT2D eigenvalue weighted by Crippen LogP contribution is -2.71. The summed E-state index contributed by atoms with van der Waals surface area (Å²) in [5, 5.41) is 18.0. The normalized spacial score (nSPS) is 20.6. The Morgan fingerprint density at radius 1 is 0.955 bits per heavy atom. The predicted octanol–water partition coefficient (Wildman–Crippen LogP) is 2.68. The zero-order valence-electron chi connectivity index (χ0n) is 23.7. The first kappa shape index (κ1) is 30.3. The largest absolute Gasteiger partial charge is 0.480 e. The molecule has 44 heavy (non-hydrogen) atoms. The minimum atomic E-state index is -1.19. The molecule has 12 nitrogen and oxygen atoms in total. The standard InChI is InChI=1S/C31H29N5O7S/c1-31(2)25(30(41)42)36-28(40)24(29(36)44-31)34-27(39)23(18-9-5-3-6-10-18)33-22(37)17-32-35-26(38)19-13-15-21(16-14-19)43-20-11-7-4-8-12-20/h3-17,23-25,29H,1-2H3,(H,33,37)(H,34,39)(H,35,38)(H,41,42)/b32-17+/t23?,24?,25-,29+/m0/s1. The summed E-state index contributed by atoms with van der Waals surface area (Å²) in [6, 6.07) is 20.7. The highest BCUT2D eigenvalue weighted by molar-refractivity contribution is 8.01. The van der Waals surface area contributed by atoms with Crippen LogP contribution in [0.3, 0.4) is 0 Å². The Morgan fingerprint density at radius 3 is 2.20 bits per heavy atom. The van der Waals surface area contributed by atoms with Gasteiger partial charge in [-0.2, -0.15) is 5.10 Å². The van der Waals surface area contributed by atoms with Gasteiger partial charge < -0.3 is 25.4 Å². The quantitative estimate of drug-likeness (QED) is 0.154. The van der Waals surface area contributed by atoms with Gasteiger partial charge in [0.15, 0.2) is 0 Å². The van der Waals surface area contributed by atoms with Crippen molar-refractivity contribution in [3.8, 4) is 11.5 Å². The lowest BCUT2D eigenvalue weighted by molar-refractivity contribution is -0.161. The number of ether oxygens (including phenoxy) is 1. The zero-order chi connectivity index (χ0) is 31.4. The Balaban J connectivity index is 1.19. The van der Waals surface area contributed by atoms with E-state index in [1.165, 1.54) is 16.7 Å². The van der Waals surface area contributed by atoms with E-state index in [1.54, 1.807) is 80.6 Å². The van der Waals surface area contributed by atoms with Crippen molar-refractivity contribution < 1.29 is 33.8 Å². The van der Waals surface area contributed by atoms with Crippen LogP contribution < -0.4 is 20.8 Å². The Hall–Kier alpha value is -5.17. The number of hydrogen-bond acceptors (Lipinski definition) is 8. The molecular weight excluding hydrogens is 586 g/mol. The van der Waals surface area contributed by atoms with Crippen LogP contribution in [0.5, 0.6) is 11.5 Å². The number of amides is 4. The fraction of sp³-hybridized carbons (Fsp3) is 0.226. The van der Waals surface area contributed by atoms with E-state index in [9.17, 15) is 29.1 Å². The van der Waals surface area contributed by atoms with E-state index in [2.05, 4.69) is 21.2 Å². The maximum absolute atomic E-state index is 13.4. The highest BCUT2D eigenvalue weighted by atomic mass is 32.2. The van der Waals surface area contributed by atoms with E-state index < -0.39 is 57.8 Å². The van der Waals surface area contributed by atoms with Gasteiger partial charge in [-0.25, -0.2) is 10.2 Å². The van der Waals surface area contributed by atoms with Crippen LogP contribution in [-0.2, 0) is 19.2 Å². The number of carboxylic acid groups (broad SMARTS) is 1. The van der Waals surface area contributed by atoms with E-state index in [0.717, 1.165) is 6.21 Å². The van der Waals surface area contributed by atoms with Crippen LogP contribution in [-0.4, -0.2) is 68.0 Å². The number of nitrogens with one attached hydrogen (secondary N) is 3. The number of carbonyl (C=O) groups excluding carboxylic acids is 4. The summed E-state index contributed by atoms with van der Waals surface area (Å²) in [5.74, 6) is -2.43. The molecule has 0 saturated carbocycles. The first-order valence-electron chi connectivity index (χ1n) is 13.6. The molecule has 3 aromatic rings. The second kappa shape index (κ2) is 12.6. The summed E-state index contributed by atoms with van der Waals surface area (Å²) in [4.78, 5) is 64.5. The van der Waals surface area contributed by atoms with Crippen LogP contribution in [0, 0.1) is 0 Å². The molecule has 2 aliphatic rings. The van der Waals surface area contributed by atoms with Crippen LogP contribution in [0.15, 0.2) is 90.0 Å². The van der Waals surface area contributed by atoms with Crippen LogP contribution in [0.1, 0.15) is 35.8 Å². The maximum Gasteiger partial charge on any atom is 0.327 e. The second-order valence-electron chi connectivity index (χ2n) is 10.6. The molecule has 2 heterocycles. The van der Waals surface area contributed by atoms with Gasteiger partial charge in [0.1, 0.15) is 41.2 Å². The number of hydrogen-bond donors (Lipinski definition) is 4. The van der Waals surface area contributed by atoms with Gasteiger partial charge in [0.2, 0.25) is 11.8 Å². The third-order valence-electron chi connectivity index (χ3n) is 7.10. The number of rotatable bonds is 10. The first-order chi connectivity index (χ1) is 21.0. The average molecular weight is 616 g/mol. The Kier molecular flexibility index (Phi) is 8.67. The molecule has 2 aliphatic heterocycles. The molecule has 0 aromatic heterocycles. The summed E-state index contributed by atoms with van der Waals surface area (Å²) < 4.78 is 4.96. The van der Waals surface area contributed by atoms with Crippen molar-refractivity contribution in [1.29, 1.82) is 0 Å². The maximum atomic E-state index is 13.4. The molecule has 5 rings (SSSR count). The zero-order valence-corrected chi connectivity index (χ0v) is 24.5. The number of thioether (sulfide) groups is 1. The summed E-state index contributed by atoms with van der Waals surface area (Å²) in [6.07, 6.45) is 0.830. The summed E-state index contributed by atoms with van der Waals surface area (Å²) in [5.41, 5.74) is 2.99. The second-order valence-corrected chi connectivity index (χ2v) is 12.3. The molecule has 4 atom stereocenters. The van der Waals surface area contributed by atoms with Crippen molar-refractivity contribution in [3.63, 3.8) is 0 Å². The average Bonchev–Trinajstić information content (AvgIpc) is 3.27. The van der Waals surface area contributed by atoms with Gasteiger partial charge in [0.25, 0.3) is 11.8 Å². The van der Waals surface area contributed by atoms with E-state index in [4.69, 9.17) is 4.74 Å². The number of para-hydroxylation sites is 1. The molecule has 0 spiro atoms. The minimum Gasteiger partial charge on any atom is -0.480 e. The van der Waals surface area contributed by atoms with Gasteiger partial charge in [-0.1, -0.05) is 48.5 Å². The third-order valence-corrected chi connectivity index (χ3v) is 8.67. The molecule has 0 bridgehead atoms. The van der Waals surface area contributed by atoms with Crippen molar-refractivity contribution in [2.24, 2.45) is 5.10 Å². The Morgan fingerprint density at radius 2 is 1.57 bits per heavy atom. The van der Waals surface area contributed by atoms with Gasteiger partial charge in [-0.05, 0) is 55.8 Å². The minimum absolute atomic E-state index is 0.279. The van der Waals surface area contributed by atoms with Crippen LogP contribution in [0.25, 0.3) is 0 Å². The summed E-state index contributed by atoms with van der Waals surface area (Å²) in [7, 11) is 0. The number of carboxylic acids is 1. The summed E-state index contributed by atoms with van der Waals surface area (Å²) >= 11 is 1.30. The lowest BCUT2D eigenvalue weighted by Gasteiger charge is -2.44. The molecule has 4 amide bonds. The topological polar surface area (TPSA) is 166 Å². The number of β-lactam (4-membered cyclic amide) rings is 1. The molecule has 0 radical (unpaired) electrons. The number of nitrogens with zero attached hydrogens (tertiary/aromatic N) is 2. The fourth-order valence-electron chi connectivity index (χ4n) is 5.02. The van der Waals surface area contributed by atoms with Crippen molar-refractivity contribution in [3.05, 3.63) is 96.1 Å². The molecule has 2 fully saturated rings. The van der Waals surface area contributed by atoms with E-state index in [0.29, 0.717) is 17.1 Å². The van der Waals surface area contributed by atoms with E-state index in [1.807, 2.05) is 18.2 Å². The van der Waals surface area contributed by atoms with Crippen LogP contribution >= 0.6 is 11.8 Å². The molecule has 3 aromatic carbocycles. The SMILES string of the molecule is CC1(C)S[C@@H]2C(NC(=O)C(NC(=O)/C=N/NC(=O)c3ccc(Oc4ccccc4)cc3)c3ccccc3)C(=O)N2[C@H]1C(=O)O. The van der Waals surface area contributed by atoms with Crippen molar-refractivity contribution in [2.75, 3.05) is 0 Å². The number of fused-ring (bicyclic) bond motifs is 1. The predicted molar refractivity (Wildman–Crippen MR) is 162 cm³/mol. The Labute approximate surface area is 256 Å². The van der Waals surface area contributed by atoms with Crippen LogP contribution in [0.2, 0.25) is 0 Å². The molecule has 4 N–H and O–H groups in total. The number of aliphatic carboxylic acids is 1. The number of hydrazone groups is 1. The smallest absolute Gasteiger partial charge is 0.327 e. The number of benzene rings is 3. The van der Waals surface area contributed by atoms with Gasteiger partial charge in [-0.15, -0.1) is 11.8 Å². The van der Waals surface area contributed by atoms with Gasteiger partial charge in [0, 0.05) is 10.3 Å². The van der Waals surface area contributed by atoms with E-state index in [-0.39, 0.29) is 5.56 Å². The molecular formula is C31H29N5O7S. The number of carbonyl (C=O) groups is 5. The summed E-state index contributed by atoms with van der Waals surface area (Å²) in [6.45, 7) is 3.48. The Bertz CT molecular complexity index is 1600. The van der Waals surface area contributed by atoms with E-state index >= 15 is 0 Å². The lowest BCUT2D eigenvalue weighted by atomic mass is 9.95. The molecule has 0 aliphatic carbocycles. The highest BCUT2D eigenvalue weighted by Gasteiger charge is 2.64. The van der Waals surface area contributed by atoms with Crippen molar-refractivity contribution >= 4 is 47.6 Å². The first-order valence-corrected chi connectivity index (χ1v) is 14.5. The molecule has 2 saturated heterocycles. The van der Waals surface area contributed by atoms with Crippen LogP contribution in [0.4, 0.5) is 0 Å². The monoisotopic (exact) mass is 615 g/mol. The molecule has 2 unspecified atom stereocenters. The van der Waals surface area contributed by atoms with Crippen molar-refractivity contribution in [1.82, 2.24) is 21.0 Å². The third kappa shape index (κ3) is 6.42.